The van der Waals surface area contributed by atoms with E-state index in [-0.39, 0.29) is 11.3 Å². The summed E-state index contributed by atoms with van der Waals surface area (Å²) in [6.07, 6.45) is 1.10. The fourth-order valence-corrected chi connectivity index (χ4v) is 1.55. The van der Waals surface area contributed by atoms with Gasteiger partial charge in [-0.2, -0.15) is 0 Å². The highest BCUT2D eigenvalue weighted by molar-refractivity contribution is 5.98. The first kappa shape index (κ1) is 13.8. The minimum Gasteiger partial charge on any atom is -0.365 e. The number of primary amides is 1. The Morgan fingerprint density at radius 3 is 2.72 bits per heavy atom. The van der Waals surface area contributed by atoms with Gasteiger partial charge < -0.3 is 16.4 Å². The van der Waals surface area contributed by atoms with Crippen molar-refractivity contribution in [1.29, 1.82) is 0 Å². The molecule has 8 nitrogen and oxygen atoms in total. The summed E-state index contributed by atoms with van der Waals surface area (Å²) in [6.45, 7) is 3.30. The summed E-state index contributed by atoms with van der Waals surface area (Å²) in [7, 11) is 0. The molecule has 1 amide bonds. The van der Waals surface area contributed by atoms with Crippen LogP contribution in [0, 0.1) is 10.1 Å². The number of carbonyl (C=O) groups is 1. The number of carbonyl (C=O) groups excluding carboxylic acids is 1. The van der Waals surface area contributed by atoms with Crippen LogP contribution in [0.3, 0.4) is 0 Å². The normalized spacial score (nSPS) is 10.1. The van der Waals surface area contributed by atoms with E-state index in [4.69, 9.17) is 11.5 Å². The lowest BCUT2D eigenvalue weighted by Crippen LogP contribution is -2.32. The SMILES string of the molecule is CCN(CCN)c1ncc([N+](=O)[O-])cc1C(N)=O. The predicted molar refractivity (Wildman–Crippen MR) is 66.4 cm³/mol. The second kappa shape index (κ2) is 5.92. The number of pyridine rings is 1. The third kappa shape index (κ3) is 2.92. The van der Waals surface area contributed by atoms with Crippen LogP contribution in [0.1, 0.15) is 17.3 Å². The summed E-state index contributed by atoms with van der Waals surface area (Å²) in [5.74, 6) is -0.433. The second-order valence-corrected chi connectivity index (χ2v) is 3.55. The highest BCUT2D eigenvalue weighted by atomic mass is 16.6. The van der Waals surface area contributed by atoms with E-state index in [0.29, 0.717) is 25.5 Å². The van der Waals surface area contributed by atoms with Gasteiger partial charge in [0, 0.05) is 25.7 Å². The molecule has 0 bridgehead atoms. The van der Waals surface area contributed by atoms with Gasteiger partial charge in [0.15, 0.2) is 0 Å². The monoisotopic (exact) mass is 253 g/mol. The number of amides is 1. The first-order valence-corrected chi connectivity index (χ1v) is 5.40. The van der Waals surface area contributed by atoms with Crippen LogP contribution in [0.25, 0.3) is 0 Å². The lowest BCUT2D eigenvalue weighted by molar-refractivity contribution is -0.385. The molecule has 0 spiro atoms. The van der Waals surface area contributed by atoms with Crippen molar-refractivity contribution in [3.8, 4) is 0 Å². The van der Waals surface area contributed by atoms with Gasteiger partial charge in [-0.25, -0.2) is 4.98 Å². The number of nitro groups is 1. The molecular formula is C10H15N5O3. The number of likely N-dealkylation sites (N-methyl/N-ethyl adjacent to an activating group) is 1. The zero-order valence-corrected chi connectivity index (χ0v) is 10.00. The van der Waals surface area contributed by atoms with E-state index < -0.39 is 10.8 Å². The van der Waals surface area contributed by atoms with Crippen LogP contribution in [0.4, 0.5) is 11.5 Å². The molecule has 0 aliphatic heterocycles. The van der Waals surface area contributed by atoms with Gasteiger partial charge in [0.1, 0.15) is 12.0 Å². The van der Waals surface area contributed by atoms with E-state index in [1.165, 1.54) is 0 Å². The average molecular weight is 253 g/mol. The molecule has 0 aliphatic rings. The summed E-state index contributed by atoms with van der Waals surface area (Å²) in [4.78, 5) is 27.0. The number of anilines is 1. The lowest BCUT2D eigenvalue weighted by atomic mass is 10.2. The summed E-state index contributed by atoms with van der Waals surface area (Å²) in [6, 6.07) is 1.13. The summed E-state index contributed by atoms with van der Waals surface area (Å²) in [5.41, 5.74) is 10.4. The number of hydrogen-bond acceptors (Lipinski definition) is 6. The van der Waals surface area contributed by atoms with E-state index in [0.717, 1.165) is 12.3 Å². The van der Waals surface area contributed by atoms with Crippen LogP contribution >= 0.6 is 0 Å². The molecular weight excluding hydrogens is 238 g/mol. The molecule has 0 saturated carbocycles. The maximum Gasteiger partial charge on any atom is 0.288 e. The predicted octanol–water partition coefficient (Wildman–Crippen LogP) is -0.126. The molecule has 1 rings (SSSR count). The van der Waals surface area contributed by atoms with Gasteiger partial charge in [-0.3, -0.25) is 14.9 Å². The van der Waals surface area contributed by atoms with Crippen molar-refractivity contribution in [3.63, 3.8) is 0 Å². The molecule has 1 heterocycles. The Bertz CT molecular complexity index is 463. The third-order valence-electron chi connectivity index (χ3n) is 2.41. The first-order valence-electron chi connectivity index (χ1n) is 5.40. The van der Waals surface area contributed by atoms with E-state index in [2.05, 4.69) is 4.98 Å². The molecule has 1 aromatic rings. The number of rotatable bonds is 6. The lowest BCUT2D eigenvalue weighted by Gasteiger charge is -2.22. The average Bonchev–Trinajstić information content (AvgIpc) is 2.35. The van der Waals surface area contributed by atoms with Gasteiger partial charge in [0.25, 0.3) is 11.6 Å². The topological polar surface area (TPSA) is 128 Å². The van der Waals surface area contributed by atoms with E-state index in [9.17, 15) is 14.9 Å². The Morgan fingerprint density at radius 1 is 1.61 bits per heavy atom. The van der Waals surface area contributed by atoms with E-state index in [1.807, 2.05) is 6.92 Å². The van der Waals surface area contributed by atoms with Crippen LogP contribution in [0.2, 0.25) is 0 Å². The molecule has 0 radical (unpaired) electrons. The molecule has 8 heteroatoms. The van der Waals surface area contributed by atoms with Crippen molar-refractivity contribution in [3.05, 3.63) is 27.9 Å². The fourth-order valence-electron chi connectivity index (χ4n) is 1.55. The zero-order valence-electron chi connectivity index (χ0n) is 10.00. The smallest absolute Gasteiger partial charge is 0.288 e. The van der Waals surface area contributed by atoms with Gasteiger partial charge in [0.05, 0.1) is 10.5 Å². The van der Waals surface area contributed by atoms with Crippen LogP contribution in [0.15, 0.2) is 12.3 Å². The Kier molecular flexibility index (Phi) is 4.55. The van der Waals surface area contributed by atoms with Crippen LogP contribution in [0.5, 0.6) is 0 Å². The molecule has 18 heavy (non-hydrogen) atoms. The Labute approximate surface area is 104 Å². The summed E-state index contributed by atoms with van der Waals surface area (Å²) in [5, 5.41) is 10.6. The molecule has 4 N–H and O–H groups in total. The standard InChI is InChI=1S/C10H15N5O3/c1-2-14(4-3-11)10-8(9(12)16)5-7(6-13-10)15(17)18/h5-6H,2-4,11H2,1H3,(H2,12,16). The Balaban J connectivity index is 3.26. The number of hydrogen-bond donors (Lipinski definition) is 2. The minimum absolute atomic E-state index is 0.0273. The summed E-state index contributed by atoms with van der Waals surface area (Å²) >= 11 is 0. The van der Waals surface area contributed by atoms with Crippen molar-refractivity contribution >= 4 is 17.4 Å². The molecule has 0 unspecified atom stereocenters. The molecule has 98 valence electrons. The first-order chi connectivity index (χ1) is 8.51. The van der Waals surface area contributed by atoms with Gasteiger partial charge in [-0.05, 0) is 6.92 Å². The number of nitrogens with two attached hydrogens (primary N) is 2. The van der Waals surface area contributed by atoms with Gasteiger partial charge in [0.2, 0.25) is 0 Å². The van der Waals surface area contributed by atoms with E-state index in [1.54, 1.807) is 4.90 Å². The third-order valence-corrected chi connectivity index (χ3v) is 2.41. The largest absolute Gasteiger partial charge is 0.365 e. The highest BCUT2D eigenvalue weighted by Crippen LogP contribution is 2.21. The summed E-state index contributed by atoms with van der Waals surface area (Å²) < 4.78 is 0. The van der Waals surface area contributed by atoms with Crippen molar-refractivity contribution in [2.75, 3.05) is 24.5 Å². The van der Waals surface area contributed by atoms with Gasteiger partial charge in [-0.15, -0.1) is 0 Å². The zero-order chi connectivity index (χ0) is 13.7. The molecule has 0 aromatic carbocycles. The van der Waals surface area contributed by atoms with Gasteiger partial charge >= 0.3 is 0 Å². The Hall–Kier alpha value is -2.22. The minimum atomic E-state index is -0.753. The van der Waals surface area contributed by atoms with Crippen LogP contribution < -0.4 is 16.4 Å². The molecule has 0 saturated heterocycles. The molecule has 0 aliphatic carbocycles. The van der Waals surface area contributed by atoms with E-state index >= 15 is 0 Å². The van der Waals surface area contributed by atoms with Gasteiger partial charge in [-0.1, -0.05) is 0 Å². The molecule has 1 aromatic heterocycles. The van der Waals surface area contributed by atoms with Crippen molar-refractivity contribution in [2.45, 2.75) is 6.92 Å². The van der Waals surface area contributed by atoms with Crippen molar-refractivity contribution in [2.24, 2.45) is 11.5 Å². The Morgan fingerprint density at radius 2 is 2.28 bits per heavy atom. The molecule has 0 fully saturated rings. The fraction of sp³-hybridized carbons (Fsp3) is 0.400. The van der Waals surface area contributed by atoms with Crippen molar-refractivity contribution < 1.29 is 9.72 Å². The number of aromatic nitrogens is 1. The second-order valence-electron chi connectivity index (χ2n) is 3.55. The van der Waals surface area contributed by atoms with Crippen molar-refractivity contribution in [1.82, 2.24) is 4.98 Å². The number of nitrogens with zero attached hydrogens (tertiary/aromatic N) is 3. The maximum absolute atomic E-state index is 11.3. The highest BCUT2D eigenvalue weighted by Gasteiger charge is 2.19. The van der Waals surface area contributed by atoms with Crippen LogP contribution in [-0.4, -0.2) is 35.4 Å². The van der Waals surface area contributed by atoms with Crippen LogP contribution in [-0.2, 0) is 0 Å². The maximum atomic E-state index is 11.3. The molecule has 0 atom stereocenters. The quantitative estimate of drug-likeness (QED) is 0.537.